The van der Waals surface area contributed by atoms with Crippen LogP contribution in [-0.2, 0) is 0 Å². The van der Waals surface area contributed by atoms with Crippen LogP contribution in [0.2, 0.25) is 0 Å². The first-order valence-electron chi connectivity index (χ1n) is 4.49. The Hall–Kier alpha value is -1.62. The molecule has 0 aliphatic heterocycles. The summed E-state index contributed by atoms with van der Waals surface area (Å²) >= 11 is 1.28. The van der Waals surface area contributed by atoms with Crippen LogP contribution in [0.1, 0.15) is 5.56 Å². The van der Waals surface area contributed by atoms with Crippen LogP contribution in [0.15, 0.2) is 24.3 Å². The van der Waals surface area contributed by atoms with Crippen molar-refractivity contribution in [3.05, 3.63) is 29.8 Å². The van der Waals surface area contributed by atoms with E-state index in [1.165, 1.54) is 17.1 Å². The van der Waals surface area contributed by atoms with E-state index in [1.807, 2.05) is 31.2 Å². The molecule has 0 unspecified atom stereocenters. The zero-order valence-corrected chi connectivity index (χ0v) is 9.34. The number of nitrogens with one attached hydrogen (secondary N) is 1. The molecule has 1 aromatic carbocycles. The van der Waals surface area contributed by atoms with Crippen LogP contribution in [0.3, 0.4) is 0 Å². The molecule has 0 aliphatic carbocycles. The topological polar surface area (TPSA) is 47.0 Å². The van der Waals surface area contributed by atoms with Crippen molar-refractivity contribution in [3.63, 3.8) is 0 Å². The van der Waals surface area contributed by atoms with Crippen LogP contribution in [-0.4, -0.2) is 16.5 Å². The quantitative estimate of drug-likeness (QED) is 0.865. The van der Waals surface area contributed by atoms with Crippen molar-refractivity contribution in [2.45, 2.75) is 6.92 Å². The summed E-state index contributed by atoms with van der Waals surface area (Å²) in [6, 6.07) is 8.48. The average Bonchev–Trinajstić information content (AvgIpc) is 2.65. The van der Waals surface area contributed by atoms with Gasteiger partial charge in [0.05, 0.1) is 7.11 Å². The Morgan fingerprint density at radius 3 is 2.93 bits per heavy atom. The van der Waals surface area contributed by atoms with Crippen LogP contribution in [0, 0.1) is 6.92 Å². The second-order valence-electron chi connectivity index (χ2n) is 3.08. The van der Waals surface area contributed by atoms with E-state index in [0.717, 1.165) is 10.8 Å². The fraction of sp³-hybridized carbons (Fsp3) is 0.200. The van der Waals surface area contributed by atoms with Crippen LogP contribution >= 0.6 is 11.5 Å². The Kier molecular flexibility index (Phi) is 2.82. The van der Waals surface area contributed by atoms with Gasteiger partial charge in [-0.15, -0.1) is 4.37 Å². The van der Waals surface area contributed by atoms with Crippen molar-refractivity contribution >= 4 is 22.4 Å². The molecule has 4 nitrogen and oxygen atoms in total. The van der Waals surface area contributed by atoms with Gasteiger partial charge in [-0.2, -0.15) is 4.98 Å². The molecule has 1 N–H and O–H groups in total. The van der Waals surface area contributed by atoms with Crippen LogP contribution in [0.25, 0.3) is 0 Å². The lowest BCUT2D eigenvalue weighted by Gasteiger charge is -2.01. The van der Waals surface area contributed by atoms with Gasteiger partial charge in [0.15, 0.2) is 0 Å². The number of anilines is 2. The van der Waals surface area contributed by atoms with Gasteiger partial charge in [-0.05, 0) is 24.6 Å². The molecule has 0 spiro atoms. The molecule has 15 heavy (non-hydrogen) atoms. The van der Waals surface area contributed by atoms with E-state index >= 15 is 0 Å². The van der Waals surface area contributed by atoms with E-state index in [9.17, 15) is 0 Å². The van der Waals surface area contributed by atoms with Crippen LogP contribution < -0.4 is 10.1 Å². The standard InChI is InChI=1S/C10H11N3OS/c1-7-4-3-5-8(6-7)11-10-12-9(14-2)13-15-10/h3-6H,1-2H3,(H,11,12,13). The van der Waals surface area contributed by atoms with E-state index in [0.29, 0.717) is 6.01 Å². The normalized spacial score (nSPS) is 10.0. The molecule has 1 heterocycles. The van der Waals surface area contributed by atoms with E-state index in [1.54, 1.807) is 7.11 Å². The predicted octanol–water partition coefficient (Wildman–Crippen LogP) is 2.60. The maximum Gasteiger partial charge on any atom is 0.329 e. The van der Waals surface area contributed by atoms with Crippen molar-refractivity contribution in [1.29, 1.82) is 0 Å². The Morgan fingerprint density at radius 1 is 1.40 bits per heavy atom. The third-order valence-corrected chi connectivity index (χ3v) is 2.47. The number of aryl methyl sites for hydroxylation is 1. The van der Waals surface area contributed by atoms with Crippen molar-refractivity contribution < 1.29 is 4.74 Å². The Morgan fingerprint density at radius 2 is 2.27 bits per heavy atom. The summed E-state index contributed by atoms with van der Waals surface area (Å²) in [5, 5.41) is 3.90. The maximum absolute atomic E-state index is 4.90. The molecule has 0 aliphatic rings. The number of methoxy groups -OCH3 is 1. The van der Waals surface area contributed by atoms with Gasteiger partial charge in [-0.25, -0.2) is 0 Å². The lowest BCUT2D eigenvalue weighted by atomic mass is 10.2. The molecule has 0 saturated heterocycles. The number of aromatic nitrogens is 2. The van der Waals surface area contributed by atoms with Crippen molar-refractivity contribution in [2.75, 3.05) is 12.4 Å². The molecular formula is C10H11N3OS. The second-order valence-corrected chi connectivity index (χ2v) is 3.83. The molecule has 78 valence electrons. The first-order chi connectivity index (χ1) is 7.28. The molecule has 0 atom stereocenters. The van der Waals surface area contributed by atoms with E-state index in [-0.39, 0.29) is 0 Å². The third-order valence-electron chi connectivity index (χ3n) is 1.86. The molecule has 1 aromatic heterocycles. The molecule has 0 saturated carbocycles. The Bertz CT molecular complexity index is 455. The number of rotatable bonds is 3. The Labute approximate surface area is 92.1 Å². The lowest BCUT2D eigenvalue weighted by molar-refractivity contribution is 0.386. The van der Waals surface area contributed by atoms with E-state index in [4.69, 9.17) is 4.74 Å². The molecule has 0 bridgehead atoms. The largest absolute Gasteiger partial charge is 0.466 e. The summed E-state index contributed by atoms with van der Waals surface area (Å²) in [4.78, 5) is 4.13. The second kappa shape index (κ2) is 4.27. The first-order valence-corrected chi connectivity index (χ1v) is 5.26. The highest BCUT2D eigenvalue weighted by atomic mass is 32.1. The predicted molar refractivity (Wildman–Crippen MR) is 60.9 cm³/mol. The van der Waals surface area contributed by atoms with Gasteiger partial charge in [0.25, 0.3) is 0 Å². The summed E-state index contributed by atoms with van der Waals surface area (Å²) in [6.45, 7) is 2.05. The number of benzene rings is 1. The lowest BCUT2D eigenvalue weighted by Crippen LogP contribution is -1.90. The molecule has 0 fully saturated rings. The summed E-state index contributed by atoms with van der Waals surface area (Å²) in [7, 11) is 1.55. The smallest absolute Gasteiger partial charge is 0.329 e. The molecule has 0 radical (unpaired) electrons. The van der Waals surface area contributed by atoms with Gasteiger partial charge in [0, 0.05) is 17.2 Å². The fourth-order valence-electron chi connectivity index (χ4n) is 1.19. The third kappa shape index (κ3) is 2.44. The zero-order chi connectivity index (χ0) is 10.7. The van der Waals surface area contributed by atoms with Gasteiger partial charge in [0.2, 0.25) is 5.13 Å². The monoisotopic (exact) mass is 221 g/mol. The number of ether oxygens (including phenoxy) is 1. The van der Waals surface area contributed by atoms with Crippen molar-refractivity contribution in [2.24, 2.45) is 0 Å². The van der Waals surface area contributed by atoms with Crippen molar-refractivity contribution in [1.82, 2.24) is 9.36 Å². The van der Waals surface area contributed by atoms with Gasteiger partial charge in [0.1, 0.15) is 0 Å². The van der Waals surface area contributed by atoms with Gasteiger partial charge >= 0.3 is 6.01 Å². The average molecular weight is 221 g/mol. The minimum Gasteiger partial charge on any atom is -0.466 e. The minimum absolute atomic E-state index is 0.398. The number of nitrogens with zero attached hydrogens (tertiary/aromatic N) is 2. The summed E-state index contributed by atoms with van der Waals surface area (Å²) < 4.78 is 8.90. The number of hydrogen-bond donors (Lipinski definition) is 1. The SMILES string of the molecule is COc1nsc(Nc2cccc(C)c2)n1. The van der Waals surface area contributed by atoms with Gasteiger partial charge < -0.3 is 10.1 Å². The number of hydrogen-bond acceptors (Lipinski definition) is 5. The van der Waals surface area contributed by atoms with Crippen molar-refractivity contribution in [3.8, 4) is 6.01 Å². The van der Waals surface area contributed by atoms with E-state index < -0.39 is 0 Å². The molecule has 0 amide bonds. The highest BCUT2D eigenvalue weighted by molar-refractivity contribution is 7.09. The molecule has 2 rings (SSSR count). The zero-order valence-electron chi connectivity index (χ0n) is 8.52. The summed E-state index contributed by atoms with van der Waals surface area (Å²) in [5.41, 5.74) is 2.21. The summed E-state index contributed by atoms with van der Waals surface area (Å²) in [6.07, 6.45) is 0. The molecule has 5 heteroatoms. The maximum atomic E-state index is 4.90. The first kappa shape index (κ1) is 9.92. The van der Waals surface area contributed by atoms with Gasteiger partial charge in [-0.1, -0.05) is 12.1 Å². The van der Waals surface area contributed by atoms with Gasteiger partial charge in [-0.3, -0.25) is 0 Å². The van der Waals surface area contributed by atoms with E-state index in [2.05, 4.69) is 14.7 Å². The minimum atomic E-state index is 0.398. The van der Waals surface area contributed by atoms with Crippen LogP contribution in [0.5, 0.6) is 6.01 Å². The Balaban J connectivity index is 2.14. The highest BCUT2D eigenvalue weighted by Crippen LogP contribution is 2.21. The highest BCUT2D eigenvalue weighted by Gasteiger charge is 2.03. The fourth-order valence-corrected chi connectivity index (χ4v) is 1.75. The molecular weight excluding hydrogens is 210 g/mol. The summed E-state index contributed by atoms with van der Waals surface area (Å²) in [5.74, 6) is 0. The molecule has 2 aromatic rings. The van der Waals surface area contributed by atoms with Crippen LogP contribution in [0.4, 0.5) is 10.8 Å².